The minimum atomic E-state index is -0.578. The van der Waals surface area contributed by atoms with Crippen LogP contribution < -0.4 is 15.1 Å². The van der Waals surface area contributed by atoms with Crippen molar-refractivity contribution in [1.82, 2.24) is 0 Å². The molecule has 0 N–H and O–H groups in total. The minimum absolute atomic E-state index is 0.168. The summed E-state index contributed by atoms with van der Waals surface area (Å²) >= 11 is 0. The van der Waals surface area contributed by atoms with Gasteiger partial charge in [-0.25, -0.2) is 9.59 Å². The smallest absolute Gasteiger partial charge is 0.343 e. The summed E-state index contributed by atoms with van der Waals surface area (Å²) in [6.45, 7) is 0.441. The predicted octanol–water partition coefficient (Wildman–Crippen LogP) is 4.59. The number of esters is 1. The number of ether oxygens (including phenoxy) is 2. The Labute approximate surface area is 160 Å². The molecule has 0 unspecified atom stereocenters. The summed E-state index contributed by atoms with van der Waals surface area (Å²) in [6, 6.07) is 24.5. The number of benzene rings is 3. The van der Waals surface area contributed by atoms with Crippen LogP contribution in [0, 0.1) is 0 Å². The standard InChI is InChI=1S/C23H16O5/c24-22-14-21(19-8-4-5-9-20(19)27-22)28-23(25)17-10-12-18(13-11-17)26-15-16-6-2-1-3-7-16/h1-14H,15H2. The number of carbonyl (C=O) groups is 1. The van der Waals surface area contributed by atoms with E-state index in [9.17, 15) is 9.59 Å². The molecule has 0 radical (unpaired) electrons. The SMILES string of the molecule is O=C(Oc1cc(=O)oc2ccccc12)c1ccc(OCc2ccccc2)cc1. The molecular formula is C23H16O5. The topological polar surface area (TPSA) is 65.7 Å². The largest absolute Gasteiger partial charge is 0.489 e. The predicted molar refractivity (Wildman–Crippen MR) is 105 cm³/mol. The zero-order chi connectivity index (χ0) is 19.3. The zero-order valence-corrected chi connectivity index (χ0v) is 14.8. The molecule has 28 heavy (non-hydrogen) atoms. The van der Waals surface area contributed by atoms with Crippen LogP contribution in [0.15, 0.2) is 94.1 Å². The molecule has 0 saturated heterocycles. The molecule has 5 heteroatoms. The summed E-state index contributed by atoms with van der Waals surface area (Å²) in [7, 11) is 0. The van der Waals surface area contributed by atoms with Gasteiger partial charge in [0.25, 0.3) is 0 Å². The summed E-state index contributed by atoms with van der Waals surface area (Å²) in [6.07, 6.45) is 0. The lowest BCUT2D eigenvalue weighted by Crippen LogP contribution is -2.10. The van der Waals surface area contributed by atoms with Crippen LogP contribution in [-0.4, -0.2) is 5.97 Å². The molecule has 3 aromatic carbocycles. The summed E-state index contributed by atoms with van der Waals surface area (Å²) in [5, 5.41) is 0.554. The molecule has 1 heterocycles. The highest BCUT2D eigenvalue weighted by atomic mass is 16.5. The van der Waals surface area contributed by atoms with Crippen molar-refractivity contribution in [2.75, 3.05) is 0 Å². The third kappa shape index (κ3) is 3.94. The molecule has 0 spiro atoms. The van der Waals surface area contributed by atoms with Gasteiger partial charge in [-0.2, -0.15) is 0 Å². The highest BCUT2D eigenvalue weighted by Gasteiger charge is 2.13. The molecule has 0 fully saturated rings. The van der Waals surface area contributed by atoms with Gasteiger partial charge < -0.3 is 13.9 Å². The van der Waals surface area contributed by atoms with E-state index in [1.807, 2.05) is 30.3 Å². The van der Waals surface area contributed by atoms with Crippen LogP contribution in [0.2, 0.25) is 0 Å². The molecule has 5 nitrogen and oxygen atoms in total. The first-order valence-electron chi connectivity index (χ1n) is 8.71. The highest BCUT2D eigenvalue weighted by molar-refractivity contribution is 5.94. The van der Waals surface area contributed by atoms with Crippen LogP contribution in [0.5, 0.6) is 11.5 Å². The fourth-order valence-corrected chi connectivity index (χ4v) is 2.75. The first kappa shape index (κ1) is 17.5. The van der Waals surface area contributed by atoms with E-state index in [1.54, 1.807) is 48.5 Å². The minimum Gasteiger partial charge on any atom is -0.489 e. The second-order valence-electron chi connectivity index (χ2n) is 6.11. The van der Waals surface area contributed by atoms with Crippen molar-refractivity contribution < 1.29 is 18.7 Å². The Morgan fingerprint density at radius 2 is 1.57 bits per heavy atom. The highest BCUT2D eigenvalue weighted by Crippen LogP contribution is 2.24. The molecule has 138 valence electrons. The fraction of sp³-hybridized carbons (Fsp3) is 0.0435. The molecule has 0 atom stereocenters. The van der Waals surface area contributed by atoms with Crippen molar-refractivity contribution in [3.8, 4) is 11.5 Å². The number of fused-ring (bicyclic) bond motifs is 1. The van der Waals surface area contributed by atoms with Gasteiger partial charge in [-0.15, -0.1) is 0 Å². The maximum atomic E-state index is 12.5. The fourth-order valence-electron chi connectivity index (χ4n) is 2.75. The van der Waals surface area contributed by atoms with Gasteiger partial charge in [0.15, 0.2) is 0 Å². The van der Waals surface area contributed by atoms with Gasteiger partial charge in [-0.05, 0) is 42.0 Å². The number of hydrogen-bond donors (Lipinski definition) is 0. The van der Waals surface area contributed by atoms with Crippen molar-refractivity contribution in [3.63, 3.8) is 0 Å². The molecule has 0 saturated carbocycles. The van der Waals surface area contributed by atoms with E-state index in [4.69, 9.17) is 13.9 Å². The quantitative estimate of drug-likeness (QED) is 0.379. The molecule has 0 bridgehead atoms. The van der Waals surface area contributed by atoms with Crippen LogP contribution in [0.1, 0.15) is 15.9 Å². The second-order valence-corrected chi connectivity index (χ2v) is 6.11. The van der Waals surface area contributed by atoms with E-state index in [0.717, 1.165) is 11.6 Å². The molecular weight excluding hydrogens is 356 g/mol. The lowest BCUT2D eigenvalue weighted by atomic mass is 10.2. The van der Waals surface area contributed by atoms with Gasteiger partial charge in [-0.1, -0.05) is 42.5 Å². The van der Waals surface area contributed by atoms with E-state index in [-0.39, 0.29) is 5.75 Å². The summed E-state index contributed by atoms with van der Waals surface area (Å²) in [5.41, 5.74) is 1.19. The van der Waals surface area contributed by atoms with Crippen molar-refractivity contribution in [3.05, 3.63) is 106 Å². The van der Waals surface area contributed by atoms with E-state index in [2.05, 4.69) is 0 Å². The lowest BCUT2D eigenvalue weighted by molar-refractivity contribution is 0.0736. The average molecular weight is 372 g/mol. The van der Waals surface area contributed by atoms with Crippen LogP contribution in [-0.2, 0) is 6.61 Å². The van der Waals surface area contributed by atoms with Gasteiger partial charge in [0.1, 0.15) is 23.7 Å². The van der Waals surface area contributed by atoms with E-state index in [1.165, 1.54) is 0 Å². The van der Waals surface area contributed by atoms with Gasteiger partial charge in [0.05, 0.1) is 17.0 Å². The maximum Gasteiger partial charge on any atom is 0.343 e. The Balaban J connectivity index is 1.48. The number of rotatable bonds is 5. The molecule has 0 aliphatic rings. The zero-order valence-electron chi connectivity index (χ0n) is 14.8. The Bertz CT molecular complexity index is 1160. The lowest BCUT2D eigenvalue weighted by Gasteiger charge is -2.08. The Kier molecular flexibility index (Phi) is 4.89. The maximum absolute atomic E-state index is 12.5. The van der Waals surface area contributed by atoms with Crippen molar-refractivity contribution in [1.29, 1.82) is 0 Å². The van der Waals surface area contributed by atoms with Crippen LogP contribution in [0.4, 0.5) is 0 Å². The van der Waals surface area contributed by atoms with E-state index < -0.39 is 11.6 Å². The summed E-state index contributed by atoms with van der Waals surface area (Å²) < 4.78 is 16.2. The monoisotopic (exact) mass is 372 g/mol. The van der Waals surface area contributed by atoms with E-state index in [0.29, 0.717) is 28.9 Å². The molecule has 0 amide bonds. The van der Waals surface area contributed by atoms with Gasteiger partial charge >= 0.3 is 11.6 Å². The third-order valence-electron chi connectivity index (χ3n) is 4.15. The van der Waals surface area contributed by atoms with Crippen molar-refractivity contribution in [2.45, 2.75) is 6.61 Å². The van der Waals surface area contributed by atoms with Gasteiger partial charge in [0.2, 0.25) is 0 Å². The second kappa shape index (κ2) is 7.80. The van der Waals surface area contributed by atoms with Gasteiger partial charge in [-0.3, -0.25) is 0 Å². The molecule has 1 aromatic heterocycles. The molecule has 4 rings (SSSR count). The Morgan fingerprint density at radius 1 is 0.857 bits per heavy atom. The van der Waals surface area contributed by atoms with Crippen molar-refractivity contribution >= 4 is 16.9 Å². The first-order valence-corrected chi connectivity index (χ1v) is 8.71. The molecule has 0 aliphatic heterocycles. The first-order chi connectivity index (χ1) is 13.7. The van der Waals surface area contributed by atoms with Crippen LogP contribution in [0.3, 0.4) is 0 Å². The molecule has 0 aliphatic carbocycles. The number of carbonyl (C=O) groups excluding carboxylic acids is 1. The number of para-hydroxylation sites is 1. The summed E-state index contributed by atoms with van der Waals surface area (Å²) in [5.74, 6) is 0.248. The average Bonchev–Trinajstić information content (AvgIpc) is 2.73. The van der Waals surface area contributed by atoms with Crippen LogP contribution in [0.25, 0.3) is 11.0 Å². The van der Waals surface area contributed by atoms with E-state index >= 15 is 0 Å². The molecule has 4 aromatic rings. The third-order valence-corrected chi connectivity index (χ3v) is 4.15. The van der Waals surface area contributed by atoms with Crippen molar-refractivity contribution in [2.24, 2.45) is 0 Å². The summed E-state index contributed by atoms with van der Waals surface area (Å²) in [4.78, 5) is 24.1. The normalized spacial score (nSPS) is 10.6. The Hall–Kier alpha value is -3.86. The van der Waals surface area contributed by atoms with Gasteiger partial charge in [0, 0.05) is 0 Å². The van der Waals surface area contributed by atoms with Crippen LogP contribution >= 0.6 is 0 Å². The Morgan fingerprint density at radius 3 is 2.36 bits per heavy atom. The number of hydrogen-bond acceptors (Lipinski definition) is 5.